The molecule has 5 aromatic rings. The van der Waals surface area contributed by atoms with Gasteiger partial charge in [0.15, 0.2) is 10.3 Å². The van der Waals surface area contributed by atoms with Crippen LogP contribution in [0.4, 0.5) is 5.13 Å². The molecule has 0 bridgehead atoms. The maximum absolute atomic E-state index is 13.5. The Morgan fingerprint density at radius 1 is 0.971 bits per heavy atom. The minimum atomic E-state index is -0.512. The van der Waals surface area contributed by atoms with E-state index in [1.165, 1.54) is 23.1 Å². The predicted octanol–water partition coefficient (Wildman–Crippen LogP) is 5.94. The molecule has 0 fully saturated rings. The number of carbonyl (C=O) groups excluding carboxylic acids is 1. The molecule has 8 heteroatoms. The fourth-order valence-electron chi connectivity index (χ4n) is 3.71. The molecule has 2 heterocycles. The molecule has 35 heavy (non-hydrogen) atoms. The lowest BCUT2D eigenvalue weighted by Crippen LogP contribution is -2.26. The second-order valence-electron chi connectivity index (χ2n) is 7.99. The van der Waals surface area contributed by atoms with Gasteiger partial charge >= 0.3 is 0 Å². The van der Waals surface area contributed by atoms with E-state index in [2.05, 4.69) is 10.3 Å². The van der Waals surface area contributed by atoms with Gasteiger partial charge in [0.05, 0.1) is 27.5 Å². The third-order valence-corrected chi connectivity index (χ3v) is 7.37. The second kappa shape index (κ2) is 9.85. The van der Waals surface area contributed by atoms with Crippen LogP contribution < -0.4 is 10.9 Å². The summed E-state index contributed by atoms with van der Waals surface area (Å²) in [5, 5.41) is 5.85. The van der Waals surface area contributed by atoms with Crippen molar-refractivity contribution >= 4 is 45.0 Å². The van der Waals surface area contributed by atoms with E-state index >= 15 is 0 Å². The molecular weight excluding hydrogens is 476 g/mol. The molecule has 1 N–H and O–H groups in total. The first-order chi connectivity index (χ1) is 17.0. The lowest BCUT2D eigenvalue weighted by molar-refractivity contribution is -0.115. The van der Waals surface area contributed by atoms with Gasteiger partial charge in [0.1, 0.15) is 0 Å². The van der Waals surface area contributed by atoms with E-state index in [0.29, 0.717) is 21.2 Å². The van der Waals surface area contributed by atoms with Gasteiger partial charge in [0, 0.05) is 10.9 Å². The van der Waals surface area contributed by atoms with E-state index < -0.39 is 5.25 Å². The van der Waals surface area contributed by atoms with Crippen molar-refractivity contribution in [2.75, 3.05) is 5.32 Å². The average Bonchev–Trinajstić information content (AvgIpc) is 3.34. The Balaban J connectivity index is 1.44. The van der Waals surface area contributed by atoms with Gasteiger partial charge in [-0.05, 0) is 37.6 Å². The number of hydrogen-bond donors (Lipinski definition) is 1. The smallest absolute Gasteiger partial charge is 0.266 e. The highest BCUT2D eigenvalue weighted by Crippen LogP contribution is 2.28. The van der Waals surface area contributed by atoms with Crippen LogP contribution in [-0.4, -0.2) is 25.7 Å². The summed E-state index contributed by atoms with van der Waals surface area (Å²) in [6.45, 7) is 3.75. The zero-order valence-electron chi connectivity index (χ0n) is 19.1. The van der Waals surface area contributed by atoms with Crippen molar-refractivity contribution in [3.05, 3.63) is 100 Å². The Hall–Kier alpha value is -3.75. The first-order valence-electron chi connectivity index (χ1n) is 11.1. The summed E-state index contributed by atoms with van der Waals surface area (Å²) >= 11 is 2.63. The molecule has 1 amide bonds. The van der Waals surface area contributed by atoms with Crippen molar-refractivity contribution in [3.63, 3.8) is 0 Å². The number of aryl methyl sites for hydroxylation is 1. The number of hydrogen-bond acceptors (Lipinski definition) is 6. The summed E-state index contributed by atoms with van der Waals surface area (Å²) in [5.74, 6) is -0.206. The van der Waals surface area contributed by atoms with Gasteiger partial charge in [-0.25, -0.2) is 9.97 Å². The third-order valence-electron chi connectivity index (χ3n) is 5.56. The Labute approximate surface area is 210 Å². The van der Waals surface area contributed by atoms with Crippen LogP contribution in [0.3, 0.4) is 0 Å². The number of nitrogens with zero attached hydrogens (tertiary/aromatic N) is 3. The second-order valence-corrected chi connectivity index (χ2v) is 10.2. The van der Waals surface area contributed by atoms with Crippen LogP contribution in [0.5, 0.6) is 0 Å². The quantitative estimate of drug-likeness (QED) is 0.232. The molecule has 0 saturated carbocycles. The molecule has 0 saturated heterocycles. The number of benzene rings is 3. The number of fused-ring (bicyclic) bond motifs is 1. The van der Waals surface area contributed by atoms with Gasteiger partial charge in [-0.2, -0.15) is 0 Å². The summed E-state index contributed by atoms with van der Waals surface area (Å²) in [5.41, 5.74) is 3.95. The molecule has 3 aromatic carbocycles. The molecule has 0 aliphatic rings. The minimum absolute atomic E-state index is 0.160. The van der Waals surface area contributed by atoms with Crippen molar-refractivity contribution < 1.29 is 4.79 Å². The van der Waals surface area contributed by atoms with Crippen LogP contribution in [0.25, 0.3) is 27.8 Å². The van der Waals surface area contributed by atoms with Gasteiger partial charge in [-0.1, -0.05) is 72.4 Å². The van der Waals surface area contributed by atoms with E-state index in [1.54, 1.807) is 17.6 Å². The van der Waals surface area contributed by atoms with E-state index in [4.69, 9.17) is 4.98 Å². The standard InChI is InChI=1S/C27H22N4O2S2/c1-17-10-6-9-15-23(17)31-25(33)20-13-7-8-14-21(20)29-27(31)35-18(2)24(32)30-26-28-22(16-34-26)19-11-4-3-5-12-19/h3-16,18H,1-2H3,(H,28,30,32). The minimum Gasteiger partial charge on any atom is -0.301 e. The number of thiazole rings is 1. The summed E-state index contributed by atoms with van der Waals surface area (Å²) in [6.07, 6.45) is 0. The lowest BCUT2D eigenvalue weighted by atomic mass is 10.2. The molecule has 0 radical (unpaired) electrons. The Morgan fingerprint density at radius 3 is 2.49 bits per heavy atom. The Morgan fingerprint density at radius 2 is 1.69 bits per heavy atom. The predicted molar refractivity (Wildman–Crippen MR) is 144 cm³/mol. The maximum Gasteiger partial charge on any atom is 0.266 e. The number of aromatic nitrogens is 3. The zero-order chi connectivity index (χ0) is 24.4. The van der Waals surface area contributed by atoms with Crippen LogP contribution in [0.15, 0.2) is 94.2 Å². The summed E-state index contributed by atoms with van der Waals surface area (Å²) in [7, 11) is 0. The monoisotopic (exact) mass is 498 g/mol. The number of thioether (sulfide) groups is 1. The largest absolute Gasteiger partial charge is 0.301 e. The summed E-state index contributed by atoms with van der Waals surface area (Å²) in [4.78, 5) is 35.8. The van der Waals surface area contributed by atoms with Gasteiger partial charge in [-0.15, -0.1) is 11.3 Å². The van der Waals surface area contributed by atoms with Gasteiger partial charge < -0.3 is 5.32 Å². The number of carbonyl (C=O) groups is 1. The van der Waals surface area contributed by atoms with Crippen LogP contribution in [0, 0.1) is 6.92 Å². The molecule has 2 aromatic heterocycles. The molecule has 0 aliphatic carbocycles. The highest BCUT2D eigenvalue weighted by atomic mass is 32.2. The molecule has 6 nitrogen and oxygen atoms in total. The first-order valence-corrected chi connectivity index (χ1v) is 12.8. The van der Waals surface area contributed by atoms with E-state index in [0.717, 1.165) is 22.5 Å². The molecular formula is C27H22N4O2S2. The molecule has 5 rings (SSSR count). The van der Waals surface area contributed by atoms with Crippen LogP contribution in [-0.2, 0) is 4.79 Å². The van der Waals surface area contributed by atoms with Crippen molar-refractivity contribution in [2.24, 2.45) is 0 Å². The number of para-hydroxylation sites is 2. The number of amides is 1. The lowest BCUT2D eigenvalue weighted by Gasteiger charge is -2.17. The van der Waals surface area contributed by atoms with Gasteiger partial charge in [0.25, 0.3) is 5.56 Å². The number of nitrogens with one attached hydrogen (secondary N) is 1. The van der Waals surface area contributed by atoms with Crippen molar-refractivity contribution in [2.45, 2.75) is 24.3 Å². The van der Waals surface area contributed by atoms with Crippen LogP contribution >= 0.6 is 23.1 Å². The highest BCUT2D eigenvalue weighted by molar-refractivity contribution is 8.00. The van der Waals surface area contributed by atoms with Crippen molar-refractivity contribution in [1.29, 1.82) is 0 Å². The van der Waals surface area contributed by atoms with E-state index in [-0.39, 0.29) is 11.5 Å². The van der Waals surface area contributed by atoms with Gasteiger partial charge in [-0.3, -0.25) is 14.2 Å². The Kier molecular flexibility index (Phi) is 6.48. The average molecular weight is 499 g/mol. The SMILES string of the molecule is Cc1ccccc1-n1c(SC(C)C(=O)Nc2nc(-c3ccccc3)cs2)nc2ccccc2c1=O. The molecule has 0 aliphatic heterocycles. The molecule has 1 atom stereocenters. The van der Waals surface area contributed by atoms with Gasteiger partial charge in [0.2, 0.25) is 5.91 Å². The first kappa shape index (κ1) is 23.0. The van der Waals surface area contributed by atoms with Crippen molar-refractivity contribution in [3.8, 4) is 16.9 Å². The molecule has 174 valence electrons. The maximum atomic E-state index is 13.5. The summed E-state index contributed by atoms with van der Waals surface area (Å²) in [6, 6.07) is 24.8. The topological polar surface area (TPSA) is 76.9 Å². The fraction of sp³-hybridized carbons (Fsp3) is 0.111. The fourth-order valence-corrected chi connectivity index (χ4v) is 5.35. The number of rotatable bonds is 6. The molecule has 0 spiro atoms. The van der Waals surface area contributed by atoms with E-state index in [1.807, 2.05) is 85.1 Å². The highest BCUT2D eigenvalue weighted by Gasteiger charge is 2.22. The normalized spacial score (nSPS) is 11.9. The third kappa shape index (κ3) is 4.76. The van der Waals surface area contributed by atoms with E-state index in [9.17, 15) is 9.59 Å². The number of anilines is 1. The van der Waals surface area contributed by atoms with Crippen LogP contribution in [0.1, 0.15) is 12.5 Å². The van der Waals surface area contributed by atoms with Crippen LogP contribution in [0.2, 0.25) is 0 Å². The summed E-state index contributed by atoms with van der Waals surface area (Å²) < 4.78 is 1.60. The molecule has 1 unspecified atom stereocenters. The van der Waals surface area contributed by atoms with Crippen molar-refractivity contribution in [1.82, 2.24) is 14.5 Å². The Bertz CT molecular complexity index is 1580. The zero-order valence-corrected chi connectivity index (χ0v) is 20.8.